The molecule has 0 aromatic carbocycles. The Kier molecular flexibility index (Phi) is 9.06. The Bertz CT molecular complexity index is 129. The molecule has 0 heterocycles. The van der Waals surface area contributed by atoms with Crippen LogP contribution in [0.2, 0.25) is 0 Å². The molecule has 0 aliphatic heterocycles. The second-order valence-electron chi connectivity index (χ2n) is 5.31. The maximum atomic E-state index is 5.39. The summed E-state index contributed by atoms with van der Waals surface area (Å²) in [5, 5.41) is 6.79. The highest BCUT2D eigenvalue weighted by atomic mass is 14.9. The molecule has 0 aliphatic carbocycles. The molecule has 0 spiro atoms. The first-order valence-electron chi connectivity index (χ1n) is 6.18. The van der Waals surface area contributed by atoms with Gasteiger partial charge in [0.05, 0.1) is 0 Å². The summed E-state index contributed by atoms with van der Waals surface area (Å²) in [4.78, 5) is 0. The van der Waals surface area contributed by atoms with Crippen molar-refractivity contribution in [2.24, 2.45) is 11.1 Å². The highest BCUT2D eigenvalue weighted by Crippen LogP contribution is 2.19. The molecule has 0 fully saturated rings. The van der Waals surface area contributed by atoms with E-state index in [-0.39, 0.29) is 0 Å². The molecule has 3 heteroatoms. The van der Waals surface area contributed by atoms with Crippen LogP contribution < -0.4 is 16.4 Å². The van der Waals surface area contributed by atoms with E-state index in [0.717, 1.165) is 39.1 Å². The molecule has 0 aromatic rings. The van der Waals surface area contributed by atoms with E-state index in [4.69, 9.17) is 5.73 Å². The summed E-state index contributed by atoms with van der Waals surface area (Å²) < 4.78 is 0. The summed E-state index contributed by atoms with van der Waals surface area (Å²) in [5.41, 5.74) is 5.87. The maximum absolute atomic E-state index is 5.39. The van der Waals surface area contributed by atoms with E-state index < -0.39 is 0 Å². The van der Waals surface area contributed by atoms with Crippen molar-refractivity contribution < 1.29 is 0 Å². The van der Waals surface area contributed by atoms with Crippen LogP contribution in [0.15, 0.2) is 0 Å². The van der Waals surface area contributed by atoms with E-state index in [0.29, 0.717) is 5.41 Å². The number of nitrogens with two attached hydrogens (primary N) is 1. The molecule has 0 rings (SSSR count). The first-order chi connectivity index (χ1) is 7.06. The molecule has 0 atom stereocenters. The second-order valence-corrected chi connectivity index (χ2v) is 5.31. The Morgan fingerprint density at radius 3 is 1.87 bits per heavy atom. The van der Waals surface area contributed by atoms with Crippen LogP contribution in [0.3, 0.4) is 0 Å². The Morgan fingerprint density at radius 2 is 1.40 bits per heavy atom. The van der Waals surface area contributed by atoms with Crippen LogP contribution in [0, 0.1) is 5.41 Å². The summed E-state index contributed by atoms with van der Waals surface area (Å²) in [6.45, 7) is 12.0. The summed E-state index contributed by atoms with van der Waals surface area (Å²) in [7, 11) is 0. The standard InChI is InChI=1S/C12H29N3/c1-12(2,3)6-4-8-14-10-11-15-9-5-7-13/h14-15H,4-11,13H2,1-3H3. The molecular formula is C12H29N3. The molecular weight excluding hydrogens is 186 g/mol. The van der Waals surface area contributed by atoms with Crippen molar-refractivity contribution in [3.05, 3.63) is 0 Å². The lowest BCUT2D eigenvalue weighted by molar-refractivity contribution is 0.361. The predicted octanol–water partition coefficient (Wildman–Crippen LogP) is 1.34. The van der Waals surface area contributed by atoms with Gasteiger partial charge in [0, 0.05) is 13.1 Å². The largest absolute Gasteiger partial charge is 0.330 e. The summed E-state index contributed by atoms with van der Waals surface area (Å²) in [5.74, 6) is 0. The monoisotopic (exact) mass is 215 g/mol. The fraction of sp³-hybridized carbons (Fsp3) is 1.00. The van der Waals surface area contributed by atoms with Gasteiger partial charge in [-0.1, -0.05) is 20.8 Å². The summed E-state index contributed by atoms with van der Waals surface area (Å²) in [6, 6.07) is 0. The van der Waals surface area contributed by atoms with Crippen LogP contribution in [0.4, 0.5) is 0 Å². The molecule has 0 unspecified atom stereocenters. The summed E-state index contributed by atoms with van der Waals surface area (Å²) in [6.07, 6.45) is 3.64. The third kappa shape index (κ3) is 13.9. The number of hydrogen-bond donors (Lipinski definition) is 3. The molecule has 0 amide bonds. The highest BCUT2D eigenvalue weighted by molar-refractivity contribution is 4.62. The number of rotatable bonds is 9. The topological polar surface area (TPSA) is 50.1 Å². The van der Waals surface area contributed by atoms with Crippen LogP contribution in [-0.4, -0.2) is 32.7 Å². The van der Waals surface area contributed by atoms with Crippen molar-refractivity contribution >= 4 is 0 Å². The Balaban J connectivity index is 2.99. The van der Waals surface area contributed by atoms with Gasteiger partial charge >= 0.3 is 0 Å². The average molecular weight is 215 g/mol. The Labute approximate surface area is 95.2 Å². The van der Waals surface area contributed by atoms with E-state index in [2.05, 4.69) is 31.4 Å². The smallest absolute Gasteiger partial charge is 0.00767 e. The lowest BCUT2D eigenvalue weighted by Gasteiger charge is -2.17. The van der Waals surface area contributed by atoms with Gasteiger partial charge < -0.3 is 16.4 Å². The van der Waals surface area contributed by atoms with E-state index >= 15 is 0 Å². The van der Waals surface area contributed by atoms with Gasteiger partial charge in [0.1, 0.15) is 0 Å². The van der Waals surface area contributed by atoms with Crippen LogP contribution in [0.1, 0.15) is 40.0 Å². The zero-order valence-electron chi connectivity index (χ0n) is 10.7. The minimum atomic E-state index is 0.473. The van der Waals surface area contributed by atoms with Crippen LogP contribution in [0.5, 0.6) is 0 Å². The fourth-order valence-electron chi connectivity index (χ4n) is 1.40. The molecule has 0 bridgehead atoms. The normalized spacial score (nSPS) is 12.0. The van der Waals surface area contributed by atoms with Crippen molar-refractivity contribution in [3.8, 4) is 0 Å². The van der Waals surface area contributed by atoms with E-state index in [1.165, 1.54) is 12.8 Å². The lowest BCUT2D eigenvalue weighted by atomic mass is 9.91. The first kappa shape index (κ1) is 14.9. The average Bonchev–Trinajstić information content (AvgIpc) is 2.14. The van der Waals surface area contributed by atoms with E-state index in [9.17, 15) is 0 Å². The predicted molar refractivity (Wildman–Crippen MR) is 68.1 cm³/mol. The van der Waals surface area contributed by atoms with Crippen LogP contribution in [0.25, 0.3) is 0 Å². The third-order valence-electron chi connectivity index (χ3n) is 2.32. The fourth-order valence-corrected chi connectivity index (χ4v) is 1.40. The Morgan fingerprint density at radius 1 is 0.867 bits per heavy atom. The van der Waals surface area contributed by atoms with E-state index in [1.54, 1.807) is 0 Å². The number of hydrogen-bond acceptors (Lipinski definition) is 3. The molecule has 0 saturated carbocycles. The van der Waals surface area contributed by atoms with Crippen molar-refractivity contribution in [2.75, 3.05) is 32.7 Å². The lowest BCUT2D eigenvalue weighted by Crippen LogP contribution is -2.29. The van der Waals surface area contributed by atoms with Gasteiger partial charge in [-0.25, -0.2) is 0 Å². The molecule has 3 nitrogen and oxygen atoms in total. The zero-order valence-corrected chi connectivity index (χ0v) is 10.7. The van der Waals surface area contributed by atoms with Crippen molar-refractivity contribution in [3.63, 3.8) is 0 Å². The van der Waals surface area contributed by atoms with Gasteiger partial charge in [-0.3, -0.25) is 0 Å². The van der Waals surface area contributed by atoms with Gasteiger partial charge in [0.25, 0.3) is 0 Å². The molecule has 15 heavy (non-hydrogen) atoms. The highest BCUT2D eigenvalue weighted by Gasteiger charge is 2.08. The molecule has 92 valence electrons. The van der Waals surface area contributed by atoms with Crippen LogP contribution >= 0.6 is 0 Å². The Hall–Kier alpha value is -0.120. The quantitative estimate of drug-likeness (QED) is 0.509. The second kappa shape index (κ2) is 9.13. The van der Waals surface area contributed by atoms with E-state index in [1.807, 2.05) is 0 Å². The van der Waals surface area contributed by atoms with Crippen LogP contribution in [-0.2, 0) is 0 Å². The summed E-state index contributed by atoms with van der Waals surface area (Å²) >= 11 is 0. The van der Waals surface area contributed by atoms with Crippen molar-refractivity contribution in [1.82, 2.24) is 10.6 Å². The molecule has 0 aromatic heterocycles. The van der Waals surface area contributed by atoms with Crippen molar-refractivity contribution in [1.29, 1.82) is 0 Å². The maximum Gasteiger partial charge on any atom is 0.00767 e. The zero-order chi connectivity index (χ0) is 11.6. The van der Waals surface area contributed by atoms with Gasteiger partial charge in [-0.05, 0) is 44.3 Å². The first-order valence-corrected chi connectivity index (χ1v) is 6.18. The van der Waals surface area contributed by atoms with Gasteiger partial charge in [0.2, 0.25) is 0 Å². The SMILES string of the molecule is CC(C)(C)CCCNCCNCCCN. The van der Waals surface area contributed by atoms with Crippen molar-refractivity contribution in [2.45, 2.75) is 40.0 Å². The van der Waals surface area contributed by atoms with Gasteiger partial charge in [0.15, 0.2) is 0 Å². The van der Waals surface area contributed by atoms with Gasteiger partial charge in [-0.2, -0.15) is 0 Å². The number of nitrogens with one attached hydrogen (secondary N) is 2. The van der Waals surface area contributed by atoms with Gasteiger partial charge in [-0.15, -0.1) is 0 Å². The molecule has 0 saturated heterocycles. The third-order valence-corrected chi connectivity index (χ3v) is 2.32. The molecule has 0 radical (unpaired) electrons. The molecule has 0 aliphatic rings. The minimum absolute atomic E-state index is 0.473. The minimum Gasteiger partial charge on any atom is -0.330 e. The molecule has 4 N–H and O–H groups in total.